The van der Waals surface area contributed by atoms with Crippen LogP contribution in [0.1, 0.15) is 49.3 Å². The van der Waals surface area contributed by atoms with Gasteiger partial charge in [0.25, 0.3) is 5.56 Å². The van der Waals surface area contributed by atoms with Crippen LogP contribution in [0, 0.1) is 0 Å². The molecule has 0 spiro atoms. The van der Waals surface area contributed by atoms with Gasteiger partial charge in [0.15, 0.2) is 5.82 Å². The number of nitrogens with zero attached hydrogens (tertiary/aromatic N) is 4. The quantitative estimate of drug-likeness (QED) is 0.775. The van der Waals surface area contributed by atoms with Crippen LogP contribution in [0.5, 0.6) is 0 Å². The molecule has 0 saturated heterocycles. The average molecular weight is 325 g/mol. The molecule has 4 rings (SSSR count). The van der Waals surface area contributed by atoms with Gasteiger partial charge in [0.1, 0.15) is 5.82 Å². The third-order valence-corrected chi connectivity index (χ3v) is 4.48. The Kier molecular flexibility index (Phi) is 3.65. The van der Waals surface area contributed by atoms with Crippen LogP contribution in [0.2, 0.25) is 0 Å². The lowest BCUT2D eigenvalue weighted by atomic mass is 10.2. The van der Waals surface area contributed by atoms with Gasteiger partial charge >= 0.3 is 0 Å². The number of nitrogens with one attached hydrogen (secondary N) is 1. The summed E-state index contributed by atoms with van der Waals surface area (Å²) in [5, 5.41) is 4.66. The van der Waals surface area contributed by atoms with Gasteiger partial charge in [0, 0.05) is 5.92 Å². The molecule has 124 valence electrons. The van der Waals surface area contributed by atoms with Crippen molar-refractivity contribution in [3.05, 3.63) is 52.2 Å². The van der Waals surface area contributed by atoms with Crippen LogP contribution in [-0.2, 0) is 6.54 Å². The van der Waals surface area contributed by atoms with E-state index in [9.17, 15) is 4.79 Å². The minimum atomic E-state index is -0.120. The van der Waals surface area contributed by atoms with E-state index in [0.29, 0.717) is 35.1 Å². The molecular weight excluding hydrogens is 306 g/mol. The molecular formula is C17H19N5O2. The van der Waals surface area contributed by atoms with Gasteiger partial charge in [0.05, 0.1) is 23.5 Å². The zero-order valence-corrected chi connectivity index (χ0v) is 13.7. The molecule has 1 saturated carbocycles. The molecule has 0 radical (unpaired) electrons. The third-order valence-electron chi connectivity index (χ3n) is 4.48. The van der Waals surface area contributed by atoms with Crippen molar-refractivity contribution in [3.63, 3.8) is 0 Å². The minimum Gasteiger partial charge on any atom is -0.338 e. The lowest BCUT2D eigenvalue weighted by molar-refractivity contribution is 0.198. The van der Waals surface area contributed by atoms with E-state index in [1.54, 1.807) is 6.07 Å². The Labute approximate surface area is 138 Å². The maximum atomic E-state index is 12.2. The first-order valence-corrected chi connectivity index (χ1v) is 8.13. The van der Waals surface area contributed by atoms with E-state index >= 15 is 0 Å². The predicted octanol–water partition coefficient (Wildman–Crippen LogP) is 2.38. The number of fused-ring (bicyclic) bond motifs is 1. The highest BCUT2D eigenvalue weighted by Crippen LogP contribution is 2.38. The smallest absolute Gasteiger partial charge is 0.258 e. The summed E-state index contributed by atoms with van der Waals surface area (Å²) in [6.45, 7) is 2.49. The van der Waals surface area contributed by atoms with Crippen molar-refractivity contribution in [2.75, 3.05) is 7.05 Å². The van der Waals surface area contributed by atoms with E-state index in [1.165, 1.54) is 0 Å². The van der Waals surface area contributed by atoms with Gasteiger partial charge in [-0.25, -0.2) is 4.98 Å². The summed E-state index contributed by atoms with van der Waals surface area (Å²) < 4.78 is 5.39. The number of H-pyrrole nitrogens is 1. The average Bonchev–Trinajstić information content (AvgIpc) is 3.31. The lowest BCUT2D eigenvalue weighted by Crippen LogP contribution is -2.25. The summed E-state index contributed by atoms with van der Waals surface area (Å²) >= 11 is 0. The Morgan fingerprint density at radius 2 is 2.12 bits per heavy atom. The van der Waals surface area contributed by atoms with Gasteiger partial charge in [-0.2, -0.15) is 4.98 Å². The van der Waals surface area contributed by atoms with Crippen LogP contribution >= 0.6 is 0 Å². The summed E-state index contributed by atoms with van der Waals surface area (Å²) in [5.74, 6) is 2.50. The zero-order chi connectivity index (χ0) is 16.7. The van der Waals surface area contributed by atoms with Crippen molar-refractivity contribution >= 4 is 10.9 Å². The molecule has 0 unspecified atom stereocenters. The molecule has 1 aliphatic carbocycles. The van der Waals surface area contributed by atoms with Gasteiger partial charge in [-0.15, -0.1) is 0 Å². The van der Waals surface area contributed by atoms with E-state index in [2.05, 4.69) is 20.1 Å². The second kappa shape index (κ2) is 5.83. The van der Waals surface area contributed by atoms with Crippen LogP contribution in [0.3, 0.4) is 0 Å². The Bertz CT molecular complexity index is 928. The summed E-state index contributed by atoms with van der Waals surface area (Å²) in [6, 6.07) is 7.27. The molecule has 3 aromatic rings. The Hall–Kier alpha value is -2.54. The number of hydrogen-bond acceptors (Lipinski definition) is 6. The SMILES string of the molecule is C[C@H](c1nc(C2CC2)no1)N(C)Cc1nc2ccccc2c(=O)[nH]1. The summed E-state index contributed by atoms with van der Waals surface area (Å²) in [4.78, 5) is 26.0. The topological polar surface area (TPSA) is 87.9 Å². The van der Waals surface area contributed by atoms with E-state index in [4.69, 9.17) is 4.52 Å². The summed E-state index contributed by atoms with van der Waals surface area (Å²) in [6.07, 6.45) is 2.29. The third kappa shape index (κ3) is 2.82. The van der Waals surface area contributed by atoms with Gasteiger partial charge in [0.2, 0.25) is 5.89 Å². The first-order chi connectivity index (χ1) is 11.6. The molecule has 1 aliphatic rings. The predicted molar refractivity (Wildman–Crippen MR) is 88.5 cm³/mol. The molecule has 7 heteroatoms. The molecule has 1 N–H and O–H groups in total. The molecule has 2 aromatic heterocycles. The summed E-state index contributed by atoms with van der Waals surface area (Å²) in [7, 11) is 1.95. The first-order valence-electron chi connectivity index (χ1n) is 8.13. The van der Waals surface area contributed by atoms with E-state index in [-0.39, 0.29) is 11.6 Å². The minimum absolute atomic E-state index is 0.0539. The van der Waals surface area contributed by atoms with E-state index in [0.717, 1.165) is 18.7 Å². The standard InChI is InChI=1S/C17H19N5O2/c1-10(17-20-15(21-24-17)11-7-8-11)22(2)9-14-18-13-6-4-3-5-12(13)16(23)19-14/h3-6,10-11H,7-9H2,1-2H3,(H,18,19,23)/t10-/m1/s1. The van der Waals surface area contributed by atoms with Crippen LogP contribution < -0.4 is 5.56 Å². The van der Waals surface area contributed by atoms with Gasteiger partial charge < -0.3 is 9.51 Å². The number of hydrogen-bond donors (Lipinski definition) is 1. The number of benzene rings is 1. The molecule has 7 nitrogen and oxygen atoms in total. The maximum absolute atomic E-state index is 12.2. The Morgan fingerprint density at radius 3 is 2.92 bits per heavy atom. The van der Waals surface area contributed by atoms with Gasteiger partial charge in [-0.3, -0.25) is 9.69 Å². The van der Waals surface area contributed by atoms with Crippen LogP contribution in [-0.4, -0.2) is 32.1 Å². The highest BCUT2D eigenvalue weighted by atomic mass is 16.5. The highest BCUT2D eigenvalue weighted by molar-refractivity contribution is 5.77. The van der Waals surface area contributed by atoms with Crippen molar-refractivity contribution < 1.29 is 4.52 Å². The molecule has 1 fully saturated rings. The van der Waals surface area contributed by atoms with Crippen molar-refractivity contribution in [1.29, 1.82) is 0 Å². The normalized spacial score (nSPS) is 16.0. The maximum Gasteiger partial charge on any atom is 0.258 e. The monoisotopic (exact) mass is 325 g/mol. The Balaban J connectivity index is 1.54. The molecule has 2 heterocycles. The molecule has 24 heavy (non-hydrogen) atoms. The van der Waals surface area contributed by atoms with Crippen LogP contribution in [0.15, 0.2) is 33.6 Å². The van der Waals surface area contributed by atoms with Gasteiger partial charge in [-0.05, 0) is 38.9 Å². The second-order valence-corrected chi connectivity index (χ2v) is 6.39. The number of para-hydroxylation sites is 1. The molecule has 0 bridgehead atoms. The molecule has 0 amide bonds. The van der Waals surface area contributed by atoms with Gasteiger partial charge in [-0.1, -0.05) is 17.3 Å². The van der Waals surface area contributed by atoms with Crippen LogP contribution in [0.4, 0.5) is 0 Å². The number of rotatable bonds is 5. The molecule has 0 aliphatic heterocycles. The number of aromatic nitrogens is 4. The van der Waals surface area contributed by atoms with Crippen molar-refractivity contribution in [3.8, 4) is 0 Å². The van der Waals surface area contributed by atoms with Crippen LogP contribution in [0.25, 0.3) is 10.9 Å². The van der Waals surface area contributed by atoms with E-state index < -0.39 is 0 Å². The highest BCUT2D eigenvalue weighted by Gasteiger charge is 2.30. The zero-order valence-electron chi connectivity index (χ0n) is 13.7. The molecule has 1 atom stereocenters. The van der Waals surface area contributed by atoms with Crippen molar-refractivity contribution in [1.82, 2.24) is 25.0 Å². The lowest BCUT2D eigenvalue weighted by Gasteiger charge is -2.20. The largest absolute Gasteiger partial charge is 0.338 e. The fraction of sp³-hybridized carbons (Fsp3) is 0.412. The first kappa shape index (κ1) is 15.0. The fourth-order valence-corrected chi connectivity index (χ4v) is 2.70. The number of aromatic amines is 1. The molecule has 1 aromatic carbocycles. The fourth-order valence-electron chi connectivity index (χ4n) is 2.70. The summed E-state index contributed by atoms with van der Waals surface area (Å²) in [5.41, 5.74) is 0.580. The van der Waals surface area contributed by atoms with Crippen molar-refractivity contribution in [2.24, 2.45) is 0 Å². The van der Waals surface area contributed by atoms with E-state index in [1.807, 2.05) is 37.1 Å². The Morgan fingerprint density at radius 1 is 1.33 bits per heavy atom. The second-order valence-electron chi connectivity index (χ2n) is 6.39. The van der Waals surface area contributed by atoms with Crippen molar-refractivity contribution in [2.45, 2.75) is 38.3 Å².